The molecule has 79 heavy (non-hydrogen) atoms. The first kappa shape index (κ1) is 63.2. The van der Waals surface area contributed by atoms with Gasteiger partial charge in [0.1, 0.15) is 0 Å². The Morgan fingerprint density at radius 1 is 0.101 bits per heavy atom. The molecule has 398 valence electrons. The fraction of sp³-hybridized carbons (Fsp3) is 0. The molecule has 0 aromatic heterocycles. The minimum atomic E-state index is 2.50. The molecule has 0 fully saturated rings. The van der Waals surface area contributed by atoms with E-state index in [1.54, 1.807) is 0 Å². The van der Waals surface area contributed by atoms with E-state index in [0.717, 1.165) is 0 Å². The second-order valence-corrected chi connectivity index (χ2v) is 6.92. The molecule has 79 heteroatoms. The van der Waals surface area contributed by atoms with Gasteiger partial charge in [0, 0.05) is 319 Å². The number of nitrogens with one attached hydrogen (secondary N) is 1. The number of nitrogens with two attached hydrogens (primary N) is 1. The highest BCUT2D eigenvalue weighted by atomic mass is 15.8. The standard InChI is InChI=1S/H3N79/c1-3-5-7-9-11-13-15-17-19-21-23-25-27-29-31-33-35-37-39-41-43-45-47-49-51-53-55-57-59-61-63-65-67-69-71-73-75-77-79-78-76-74-72-70-68-66-64-62-60-58-56-54-52-50-48-46-44-42-40-38-36-34-32-30-28-26-24-22-20-18-16-14-12-10-8-6-4-2/h(H3,1,2,5,6,9,10,13,14,17,18,21,22,25,26,29,30,33,34,37,38,41,42,45,46,49,50,53,54,57,58,61,62,65,66,69,70,73,74,77,78). The minimum absolute atomic E-state index is 2.50. The summed E-state index contributed by atoms with van der Waals surface area (Å²) >= 11 is 0. The van der Waals surface area contributed by atoms with Gasteiger partial charge in [0.15, 0.2) is 0 Å². The summed E-state index contributed by atoms with van der Waals surface area (Å²) in [5.74, 6) is 4.63. The Balaban J connectivity index is 4.10. The molecule has 0 aliphatic rings. The monoisotopic (exact) mass is 1110 g/mol. The van der Waals surface area contributed by atoms with Crippen LogP contribution in [0.4, 0.5) is 0 Å². The van der Waals surface area contributed by atoms with E-state index in [2.05, 4.69) is 408 Å². The van der Waals surface area contributed by atoms with Crippen molar-refractivity contribution in [3.8, 4) is 0 Å². The SMILES string of the molecule is N=N/N=N/N=N/N=N/N=N/N=N/N=N/N=N/N=N/N=N/N=N/N=N/N=N/N=N/N=N/N=N/N=N/N=N/N=N/N=N/N=N/N=N/N=N/N=N/N=N/N=N/N=N/N=N/N=N/N=N/N=N/N=N/N=N/N=N/N=N/N=N/N=N/N=N/N=N/N. The summed E-state index contributed by atoms with van der Waals surface area (Å²) in [4.78, 5) is 0. The zero-order valence-electron chi connectivity index (χ0n) is 35.5. The van der Waals surface area contributed by atoms with E-state index in [-0.39, 0.29) is 0 Å². The Morgan fingerprint density at radius 3 is 0.228 bits per heavy atom. The first-order valence-electron chi connectivity index (χ1n) is 15.7. The van der Waals surface area contributed by atoms with Gasteiger partial charge >= 0.3 is 0 Å². The Morgan fingerprint density at radius 2 is 0.165 bits per heavy atom. The van der Waals surface area contributed by atoms with Gasteiger partial charge in [-0.25, -0.2) is 0 Å². The van der Waals surface area contributed by atoms with Crippen molar-refractivity contribution in [3.05, 3.63) is 0 Å². The number of rotatable bonds is 38. The average Bonchev–Trinajstić information content (AvgIpc) is 3.46. The van der Waals surface area contributed by atoms with E-state index in [0.29, 0.717) is 0 Å². The van der Waals surface area contributed by atoms with Gasteiger partial charge in [-0.3, -0.25) is 0 Å². The molecule has 0 amide bonds. The highest BCUT2D eigenvalue weighted by Crippen LogP contribution is 1.96. The van der Waals surface area contributed by atoms with Gasteiger partial charge in [-0.05, 0) is 78.3 Å². The van der Waals surface area contributed by atoms with Gasteiger partial charge in [0.05, 0.1) is 0 Å². The topological polar surface area (TPSA) is 1000 Å². The zero-order chi connectivity index (χ0) is 56.4. The highest BCUT2D eigenvalue weighted by Gasteiger charge is 1.78. The molecule has 0 bridgehead atoms. The van der Waals surface area contributed by atoms with E-state index in [4.69, 9.17) is 5.53 Å². The molecule has 0 spiro atoms. The van der Waals surface area contributed by atoms with Crippen molar-refractivity contribution < 1.29 is 0 Å². The maximum Gasteiger partial charge on any atom is 0 e. The molecule has 0 aliphatic heterocycles. The van der Waals surface area contributed by atoms with Crippen LogP contribution in [0.3, 0.4) is 0 Å². The molecule has 0 aromatic rings. The minimum Gasteiger partial charge on any atom is -0.303 e. The summed E-state index contributed by atoms with van der Waals surface area (Å²) < 4.78 is 0. The molecule has 0 atom stereocenters. The van der Waals surface area contributed by atoms with Crippen molar-refractivity contribution in [1.29, 1.82) is 5.53 Å². The van der Waals surface area contributed by atoms with Gasteiger partial charge in [-0.1, -0.05) is 5.22 Å². The summed E-state index contributed by atoms with van der Waals surface area (Å²) in [6, 6.07) is 0. The third-order valence-electron chi connectivity index (χ3n) is 3.06. The van der Waals surface area contributed by atoms with Crippen LogP contribution in [0, 0.1) is 5.53 Å². The van der Waals surface area contributed by atoms with E-state index >= 15 is 0 Å². The quantitative estimate of drug-likeness (QED) is 0.0340. The Hall–Kier alpha value is -15.8. The molecular formula is H3N79. The van der Waals surface area contributed by atoms with Crippen LogP contribution >= 0.6 is 0 Å². The molecule has 0 rings (SSSR count). The van der Waals surface area contributed by atoms with E-state index in [1.165, 1.54) is 0 Å². The molecule has 0 unspecified atom stereocenters. The lowest BCUT2D eigenvalue weighted by atomic mass is 12.3. The van der Waals surface area contributed by atoms with Crippen molar-refractivity contribution in [3.63, 3.8) is 0 Å². The summed E-state index contributed by atoms with van der Waals surface area (Å²) in [6.45, 7) is 0. The van der Waals surface area contributed by atoms with Gasteiger partial charge in [-0.2, -0.15) is 5.53 Å². The molecule has 0 aromatic carbocycles. The van der Waals surface area contributed by atoms with Crippen LogP contribution in [-0.4, -0.2) is 0 Å². The average molecular weight is 1110 g/mol. The van der Waals surface area contributed by atoms with Crippen LogP contribution in [0.5, 0.6) is 0 Å². The molecule has 0 heterocycles. The van der Waals surface area contributed by atoms with Gasteiger partial charge < -0.3 is 5.84 Å². The molecule has 79 nitrogen and oxygen atoms in total. The van der Waals surface area contributed by atoms with Crippen LogP contribution < -0.4 is 5.84 Å². The number of nitrogens with zero attached hydrogens (tertiary/aromatic N) is 77. The smallest absolute Gasteiger partial charge is 0 e. The van der Waals surface area contributed by atoms with Crippen molar-refractivity contribution in [2.45, 2.75) is 0 Å². The molecule has 0 saturated heterocycles. The van der Waals surface area contributed by atoms with Crippen LogP contribution in [0.2, 0.25) is 0 Å². The summed E-state index contributed by atoms with van der Waals surface area (Å²) in [5.41, 5.74) is 6.26. The Labute approximate surface area is 414 Å². The lowest BCUT2D eigenvalue weighted by Gasteiger charge is -1.70. The largest absolute Gasteiger partial charge is 0.303 e. The van der Waals surface area contributed by atoms with Crippen LogP contribution in [0.25, 0.3) is 0 Å². The van der Waals surface area contributed by atoms with Crippen LogP contribution in [0.15, 0.2) is 402 Å². The molecule has 3 N–H and O–H groups in total. The summed E-state index contributed by atoms with van der Waals surface area (Å²) in [7, 11) is 0. The molecular weight excluding hydrogens is 1110 g/mol. The lowest BCUT2D eigenvalue weighted by molar-refractivity contribution is 0.723. The number of hydrogen-bond acceptors (Lipinski definition) is 2. The second kappa shape index (κ2) is 62.2. The fourth-order valence-electron chi connectivity index (χ4n) is 1.35. The van der Waals surface area contributed by atoms with Crippen molar-refractivity contribution in [2.75, 3.05) is 0 Å². The van der Waals surface area contributed by atoms with Crippen molar-refractivity contribution in [1.82, 2.24) is 0 Å². The molecule has 0 aliphatic carbocycles. The maximum atomic E-state index is 6.26. The lowest BCUT2D eigenvalue weighted by Crippen LogP contribution is -1.70. The fourth-order valence-corrected chi connectivity index (χ4v) is 1.35. The van der Waals surface area contributed by atoms with E-state index in [1.807, 2.05) is 0 Å². The molecule has 0 saturated carbocycles. The van der Waals surface area contributed by atoms with Crippen molar-refractivity contribution >= 4 is 0 Å². The van der Waals surface area contributed by atoms with Crippen LogP contribution in [-0.2, 0) is 0 Å². The Kier molecular flexibility index (Phi) is 49.8. The van der Waals surface area contributed by atoms with Gasteiger partial charge in [-0.15, -0.1) is 0 Å². The third kappa shape index (κ3) is 62.2. The normalized spacial score (nSPS) is 15.5. The van der Waals surface area contributed by atoms with Crippen LogP contribution in [0.1, 0.15) is 0 Å². The van der Waals surface area contributed by atoms with Gasteiger partial charge in [0.2, 0.25) is 0 Å². The first-order chi connectivity index (χ1) is 39.4. The maximum absolute atomic E-state index is 6.26. The summed E-state index contributed by atoms with van der Waals surface area (Å²) in [6.07, 6.45) is 0. The van der Waals surface area contributed by atoms with Crippen molar-refractivity contribution in [2.24, 2.45) is 408 Å². The van der Waals surface area contributed by atoms with E-state index < -0.39 is 0 Å². The molecule has 0 radical (unpaired) electrons. The summed E-state index contributed by atoms with van der Waals surface area (Å²) in [5, 5.41) is 229. The third-order valence-corrected chi connectivity index (χ3v) is 3.06. The van der Waals surface area contributed by atoms with E-state index in [9.17, 15) is 0 Å². The second-order valence-electron chi connectivity index (χ2n) is 6.92. The number of hydrogen-bond donors (Lipinski definition) is 2. The first-order valence-corrected chi connectivity index (χ1v) is 15.7. The predicted octanol–water partition coefficient (Wildman–Crippen LogP) is 13.8. The highest BCUT2D eigenvalue weighted by molar-refractivity contribution is 4.20. The predicted molar refractivity (Wildman–Crippen MR) is 194 cm³/mol. The zero-order valence-corrected chi connectivity index (χ0v) is 35.5. The Bertz CT molecular complexity index is 2780. The van der Waals surface area contributed by atoms with Gasteiger partial charge in [0.25, 0.3) is 0 Å².